The molecule has 0 aliphatic rings. The van der Waals surface area contributed by atoms with E-state index >= 15 is 0 Å². The van der Waals surface area contributed by atoms with Crippen LogP contribution in [0.1, 0.15) is 11.1 Å². The Balaban J connectivity index is 1.98. The molecule has 0 fully saturated rings. The maximum Gasteiger partial charge on any atom is 0.0991 e. The van der Waals surface area contributed by atoms with Crippen molar-refractivity contribution in [3.8, 4) is 17.2 Å². The molecule has 3 rings (SSSR count). The zero-order valence-corrected chi connectivity index (χ0v) is 12.4. The minimum Gasteiger partial charge on any atom is -0.355 e. The molecule has 0 saturated heterocycles. The van der Waals surface area contributed by atoms with E-state index < -0.39 is 0 Å². The minimum atomic E-state index is 0.665. The van der Waals surface area contributed by atoms with Crippen molar-refractivity contribution in [2.75, 3.05) is 5.32 Å². The number of nitrogens with zero attached hydrogens (tertiary/aromatic N) is 1. The molecule has 0 heterocycles. The Bertz CT molecular complexity index is 813. The number of hydrogen-bond acceptors (Lipinski definition) is 2. The summed E-state index contributed by atoms with van der Waals surface area (Å²) in [5.74, 6) is 0. The number of nitriles is 1. The van der Waals surface area contributed by atoms with Crippen LogP contribution in [0.2, 0.25) is 0 Å². The van der Waals surface area contributed by atoms with E-state index in [1.54, 1.807) is 0 Å². The Morgan fingerprint density at radius 2 is 1.59 bits per heavy atom. The van der Waals surface area contributed by atoms with E-state index in [2.05, 4.69) is 48.6 Å². The minimum absolute atomic E-state index is 0.665. The van der Waals surface area contributed by atoms with E-state index in [-0.39, 0.29) is 0 Å². The molecule has 3 aromatic rings. The molecule has 3 aromatic carbocycles. The number of nitrogens with one attached hydrogen (secondary N) is 1. The third-order valence-electron chi connectivity index (χ3n) is 3.55. The van der Waals surface area contributed by atoms with Gasteiger partial charge in [0.05, 0.1) is 11.6 Å². The fourth-order valence-corrected chi connectivity index (χ4v) is 2.41. The van der Waals surface area contributed by atoms with Crippen molar-refractivity contribution in [3.05, 3.63) is 83.9 Å². The van der Waals surface area contributed by atoms with Gasteiger partial charge in [-0.3, -0.25) is 0 Å². The molecule has 0 aliphatic carbocycles. The lowest BCUT2D eigenvalue weighted by Crippen LogP contribution is -1.94. The quantitative estimate of drug-likeness (QED) is 0.710. The first-order valence-electron chi connectivity index (χ1n) is 7.19. The smallest absolute Gasteiger partial charge is 0.0991 e. The van der Waals surface area contributed by atoms with Gasteiger partial charge in [-0.15, -0.1) is 0 Å². The van der Waals surface area contributed by atoms with Crippen LogP contribution in [-0.4, -0.2) is 0 Å². The molecule has 2 nitrogen and oxygen atoms in total. The summed E-state index contributed by atoms with van der Waals surface area (Å²) in [7, 11) is 0. The highest BCUT2D eigenvalue weighted by molar-refractivity contribution is 5.81. The molecule has 0 aromatic heterocycles. The summed E-state index contributed by atoms with van der Waals surface area (Å²) in [4.78, 5) is 0. The molecular formula is C20H16N2. The molecule has 0 amide bonds. The fourth-order valence-electron chi connectivity index (χ4n) is 2.41. The largest absolute Gasteiger partial charge is 0.355 e. The van der Waals surface area contributed by atoms with Gasteiger partial charge in [0.25, 0.3) is 0 Å². The number of aryl methyl sites for hydroxylation is 1. The van der Waals surface area contributed by atoms with Crippen molar-refractivity contribution < 1.29 is 0 Å². The van der Waals surface area contributed by atoms with Gasteiger partial charge >= 0.3 is 0 Å². The monoisotopic (exact) mass is 284 g/mol. The van der Waals surface area contributed by atoms with Gasteiger partial charge < -0.3 is 5.32 Å². The molecule has 0 atom stereocenters. The van der Waals surface area contributed by atoms with Crippen LogP contribution >= 0.6 is 0 Å². The molecule has 2 heteroatoms. The van der Waals surface area contributed by atoms with Crippen molar-refractivity contribution in [1.82, 2.24) is 0 Å². The molecule has 0 unspecified atom stereocenters. The van der Waals surface area contributed by atoms with Crippen molar-refractivity contribution in [1.29, 1.82) is 5.26 Å². The number of hydrogen-bond donors (Lipinski definition) is 1. The van der Waals surface area contributed by atoms with Crippen molar-refractivity contribution in [2.24, 2.45) is 0 Å². The van der Waals surface area contributed by atoms with Crippen LogP contribution < -0.4 is 5.32 Å². The lowest BCUT2D eigenvalue weighted by Gasteiger charge is -2.13. The SMILES string of the molecule is Cc1ccc(Nc2ccc(C#N)cc2)c(-c2ccccc2)c1. The second-order valence-electron chi connectivity index (χ2n) is 5.23. The predicted octanol–water partition coefficient (Wildman–Crippen LogP) is 5.28. The van der Waals surface area contributed by atoms with E-state index in [0.717, 1.165) is 11.4 Å². The van der Waals surface area contributed by atoms with Crippen LogP contribution in [0.15, 0.2) is 72.8 Å². The Labute approximate surface area is 130 Å². The van der Waals surface area contributed by atoms with Gasteiger partial charge in [-0.2, -0.15) is 5.26 Å². The zero-order chi connectivity index (χ0) is 15.4. The van der Waals surface area contributed by atoms with Crippen LogP contribution in [0.4, 0.5) is 11.4 Å². The molecule has 1 N–H and O–H groups in total. The van der Waals surface area contributed by atoms with E-state index in [1.807, 2.05) is 42.5 Å². The van der Waals surface area contributed by atoms with Gasteiger partial charge in [0, 0.05) is 16.9 Å². The maximum atomic E-state index is 8.87. The predicted molar refractivity (Wildman–Crippen MR) is 91.1 cm³/mol. The lowest BCUT2D eigenvalue weighted by atomic mass is 10.0. The summed E-state index contributed by atoms with van der Waals surface area (Å²) in [6.45, 7) is 2.10. The molecule has 106 valence electrons. The fraction of sp³-hybridized carbons (Fsp3) is 0.0500. The Hall–Kier alpha value is -3.05. The van der Waals surface area contributed by atoms with Crippen LogP contribution in [0, 0.1) is 18.3 Å². The van der Waals surface area contributed by atoms with Gasteiger partial charge in [-0.25, -0.2) is 0 Å². The molecule has 0 bridgehead atoms. The van der Waals surface area contributed by atoms with E-state index in [9.17, 15) is 0 Å². The van der Waals surface area contributed by atoms with Crippen LogP contribution in [-0.2, 0) is 0 Å². The average Bonchev–Trinajstić information content (AvgIpc) is 2.58. The first-order chi connectivity index (χ1) is 10.8. The highest BCUT2D eigenvalue weighted by atomic mass is 14.9. The third kappa shape index (κ3) is 2.99. The Morgan fingerprint density at radius 3 is 2.27 bits per heavy atom. The normalized spacial score (nSPS) is 10.0. The standard InChI is InChI=1S/C20H16N2/c1-15-7-12-20(19(13-15)17-5-3-2-4-6-17)22-18-10-8-16(14-21)9-11-18/h2-13,22H,1H3. The number of anilines is 2. The van der Waals surface area contributed by atoms with Crippen molar-refractivity contribution >= 4 is 11.4 Å². The van der Waals surface area contributed by atoms with Gasteiger partial charge in [0.1, 0.15) is 0 Å². The molecule has 0 saturated carbocycles. The first kappa shape index (κ1) is 13.9. The number of rotatable bonds is 3. The lowest BCUT2D eigenvalue weighted by molar-refractivity contribution is 1.44. The zero-order valence-electron chi connectivity index (χ0n) is 12.4. The van der Waals surface area contributed by atoms with Crippen LogP contribution in [0.25, 0.3) is 11.1 Å². The summed E-state index contributed by atoms with van der Waals surface area (Å²) >= 11 is 0. The van der Waals surface area contributed by atoms with Gasteiger partial charge in [0.2, 0.25) is 0 Å². The molecular weight excluding hydrogens is 268 g/mol. The summed E-state index contributed by atoms with van der Waals surface area (Å²) < 4.78 is 0. The van der Waals surface area contributed by atoms with E-state index in [1.165, 1.54) is 16.7 Å². The van der Waals surface area contributed by atoms with Crippen LogP contribution in [0.3, 0.4) is 0 Å². The second-order valence-corrected chi connectivity index (χ2v) is 5.23. The summed E-state index contributed by atoms with van der Waals surface area (Å²) in [6.07, 6.45) is 0. The number of benzene rings is 3. The van der Waals surface area contributed by atoms with E-state index in [0.29, 0.717) is 5.56 Å². The Kier molecular flexibility index (Phi) is 3.89. The highest BCUT2D eigenvalue weighted by Crippen LogP contribution is 2.31. The van der Waals surface area contributed by atoms with E-state index in [4.69, 9.17) is 5.26 Å². The average molecular weight is 284 g/mol. The van der Waals surface area contributed by atoms with Crippen molar-refractivity contribution in [3.63, 3.8) is 0 Å². The highest BCUT2D eigenvalue weighted by Gasteiger charge is 2.06. The van der Waals surface area contributed by atoms with Gasteiger partial charge in [0.15, 0.2) is 0 Å². The molecule has 0 spiro atoms. The molecule has 22 heavy (non-hydrogen) atoms. The topological polar surface area (TPSA) is 35.8 Å². The second kappa shape index (κ2) is 6.15. The maximum absolute atomic E-state index is 8.87. The first-order valence-corrected chi connectivity index (χ1v) is 7.19. The van der Waals surface area contributed by atoms with Gasteiger partial charge in [-0.1, -0.05) is 42.0 Å². The summed E-state index contributed by atoms with van der Waals surface area (Å²) in [6, 6.07) is 26.3. The van der Waals surface area contributed by atoms with Crippen molar-refractivity contribution in [2.45, 2.75) is 6.92 Å². The van der Waals surface area contributed by atoms with Crippen LogP contribution in [0.5, 0.6) is 0 Å². The third-order valence-corrected chi connectivity index (χ3v) is 3.55. The molecule has 0 aliphatic heterocycles. The Morgan fingerprint density at radius 1 is 0.864 bits per heavy atom. The summed E-state index contributed by atoms with van der Waals surface area (Å²) in [5.41, 5.74) is 6.27. The molecule has 0 radical (unpaired) electrons. The summed E-state index contributed by atoms with van der Waals surface area (Å²) in [5, 5.41) is 12.3. The van der Waals surface area contributed by atoms with Gasteiger partial charge in [-0.05, 0) is 48.9 Å².